The molecule has 122 valence electrons. The van der Waals surface area contributed by atoms with Gasteiger partial charge in [-0.25, -0.2) is 14.8 Å². The van der Waals surface area contributed by atoms with Crippen molar-refractivity contribution in [3.8, 4) is 0 Å². The predicted octanol–water partition coefficient (Wildman–Crippen LogP) is 2.01. The van der Waals surface area contributed by atoms with Gasteiger partial charge in [0, 0.05) is 25.1 Å². The largest absolute Gasteiger partial charge is 0.480 e. The van der Waals surface area contributed by atoms with E-state index >= 15 is 0 Å². The van der Waals surface area contributed by atoms with Crippen LogP contribution in [0.25, 0.3) is 0 Å². The molecule has 4 rings (SSSR count). The molecular formula is C18H17N3O3. The van der Waals surface area contributed by atoms with Crippen molar-refractivity contribution >= 4 is 11.9 Å². The first-order valence-electron chi connectivity index (χ1n) is 8.07. The monoisotopic (exact) mass is 323 g/mol. The number of amides is 1. The van der Waals surface area contributed by atoms with Gasteiger partial charge in [0.2, 0.25) is 0 Å². The lowest BCUT2D eigenvalue weighted by atomic mass is 9.93. The van der Waals surface area contributed by atoms with Gasteiger partial charge in [-0.05, 0) is 30.0 Å². The first-order chi connectivity index (χ1) is 11.6. The summed E-state index contributed by atoms with van der Waals surface area (Å²) in [6.45, 7) is 0.286. The quantitative estimate of drug-likeness (QED) is 0.934. The van der Waals surface area contributed by atoms with Crippen LogP contribution in [-0.4, -0.2) is 37.9 Å². The molecule has 0 unspecified atom stereocenters. The van der Waals surface area contributed by atoms with Gasteiger partial charge in [-0.3, -0.25) is 4.79 Å². The Balaban J connectivity index is 1.67. The number of hydrogen-bond donors (Lipinski definition) is 1. The molecule has 2 aromatic rings. The van der Waals surface area contributed by atoms with Gasteiger partial charge in [0.25, 0.3) is 5.91 Å². The molecule has 1 aromatic carbocycles. The number of benzene rings is 1. The van der Waals surface area contributed by atoms with Crippen molar-refractivity contribution in [3.63, 3.8) is 0 Å². The van der Waals surface area contributed by atoms with Gasteiger partial charge in [-0.1, -0.05) is 24.3 Å². The van der Waals surface area contributed by atoms with E-state index in [0.717, 1.165) is 24.0 Å². The highest BCUT2D eigenvalue weighted by Gasteiger charge is 2.36. The third-order valence-corrected chi connectivity index (χ3v) is 4.63. The highest BCUT2D eigenvalue weighted by molar-refractivity contribution is 5.95. The van der Waals surface area contributed by atoms with E-state index in [2.05, 4.69) is 9.97 Å². The Bertz CT molecular complexity index is 817. The van der Waals surface area contributed by atoms with E-state index in [9.17, 15) is 14.7 Å². The maximum absolute atomic E-state index is 12.9. The van der Waals surface area contributed by atoms with Crippen LogP contribution in [-0.2, 0) is 17.8 Å². The van der Waals surface area contributed by atoms with Crippen LogP contribution in [0, 0.1) is 0 Å². The van der Waals surface area contributed by atoms with Gasteiger partial charge < -0.3 is 10.0 Å². The molecule has 6 heteroatoms. The first kappa shape index (κ1) is 14.8. The van der Waals surface area contributed by atoms with Gasteiger partial charge in [-0.2, -0.15) is 0 Å². The molecule has 1 aliphatic carbocycles. The number of rotatable bonds is 3. The molecular weight excluding hydrogens is 306 g/mol. The molecule has 1 aliphatic heterocycles. The van der Waals surface area contributed by atoms with Gasteiger partial charge in [0.1, 0.15) is 17.6 Å². The molecule has 1 aromatic heterocycles. The Morgan fingerprint density at radius 1 is 1.12 bits per heavy atom. The number of carbonyl (C=O) groups excluding carboxylic acids is 1. The third-order valence-electron chi connectivity index (χ3n) is 4.63. The molecule has 1 fully saturated rings. The van der Waals surface area contributed by atoms with Crippen LogP contribution in [0.2, 0.25) is 0 Å². The van der Waals surface area contributed by atoms with Crippen molar-refractivity contribution in [3.05, 3.63) is 59.2 Å². The molecule has 0 spiro atoms. The Morgan fingerprint density at radius 3 is 2.58 bits per heavy atom. The minimum atomic E-state index is -0.991. The highest BCUT2D eigenvalue weighted by atomic mass is 16.4. The predicted molar refractivity (Wildman–Crippen MR) is 85.5 cm³/mol. The number of carbonyl (C=O) groups is 2. The van der Waals surface area contributed by atoms with Crippen LogP contribution < -0.4 is 0 Å². The minimum Gasteiger partial charge on any atom is -0.480 e. The zero-order valence-corrected chi connectivity index (χ0v) is 13.1. The van der Waals surface area contributed by atoms with E-state index in [1.165, 1.54) is 4.90 Å². The summed E-state index contributed by atoms with van der Waals surface area (Å²) in [4.78, 5) is 34.6. The summed E-state index contributed by atoms with van der Waals surface area (Å²) < 4.78 is 0. The van der Waals surface area contributed by atoms with Gasteiger partial charge in [-0.15, -0.1) is 0 Å². The fourth-order valence-corrected chi connectivity index (χ4v) is 3.14. The standard InChI is InChI=1S/C18H17N3O3/c22-17(14-7-8-19-16(20-14)11-5-6-11)21-10-13-4-2-1-3-12(13)9-15(21)18(23)24/h1-4,7-8,11,15H,5-6,9-10H2,(H,23,24)/t15-/m0/s1. The molecule has 0 saturated heterocycles. The Morgan fingerprint density at radius 2 is 1.88 bits per heavy atom. The van der Waals surface area contributed by atoms with Crippen LogP contribution in [0.3, 0.4) is 0 Å². The number of carboxylic acid groups (broad SMARTS) is 1. The van der Waals surface area contributed by atoms with Crippen LogP contribution >= 0.6 is 0 Å². The van der Waals surface area contributed by atoms with E-state index in [-0.39, 0.29) is 18.1 Å². The maximum Gasteiger partial charge on any atom is 0.326 e. The van der Waals surface area contributed by atoms with Gasteiger partial charge in [0.05, 0.1) is 0 Å². The normalized spacial score (nSPS) is 19.7. The van der Waals surface area contributed by atoms with E-state index < -0.39 is 12.0 Å². The number of hydrogen-bond acceptors (Lipinski definition) is 4. The number of nitrogens with zero attached hydrogens (tertiary/aromatic N) is 3. The van der Waals surface area contributed by atoms with Crippen molar-refractivity contribution in [1.29, 1.82) is 0 Å². The Kier molecular flexibility index (Phi) is 3.52. The van der Waals surface area contributed by atoms with Crippen molar-refractivity contribution in [2.75, 3.05) is 0 Å². The molecule has 0 radical (unpaired) electrons. The van der Waals surface area contributed by atoms with Crippen LogP contribution in [0.4, 0.5) is 0 Å². The molecule has 2 aliphatic rings. The number of aromatic nitrogens is 2. The summed E-state index contributed by atoms with van der Waals surface area (Å²) >= 11 is 0. The average Bonchev–Trinajstić information content (AvgIpc) is 3.45. The van der Waals surface area contributed by atoms with E-state index in [0.29, 0.717) is 18.2 Å². The zero-order chi connectivity index (χ0) is 16.7. The lowest BCUT2D eigenvalue weighted by molar-refractivity contribution is -0.142. The van der Waals surface area contributed by atoms with Gasteiger partial charge in [0.15, 0.2) is 0 Å². The topological polar surface area (TPSA) is 83.4 Å². The zero-order valence-electron chi connectivity index (χ0n) is 13.1. The lowest BCUT2D eigenvalue weighted by Crippen LogP contribution is -2.48. The van der Waals surface area contributed by atoms with E-state index in [1.54, 1.807) is 12.3 Å². The fourth-order valence-electron chi connectivity index (χ4n) is 3.14. The summed E-state index contributed by atoms with van der Waals surface area (Å²) in [6, 6.07) is 8.34. The summed E-state index contributed by atoms with van der Waals surface area (Å²) in [5.74, 6) is -0.309. The SMILES string of the molecule is O=C(O)[C@@H]1Cc2ccccc2CN1C(=O)c1ccnc(C2CC2)n1. The Hall–Kier alpha value is -2.76. The average molecular weight is 323 g/mol. The van der Waals surface area contributed by atoms with Crippen molar-refractivity contribution in [2.45, 2.75) is 37.8 Å². The van der Waals surface area contributed by atoms with E-state index in [4.69, 9.17) is 0 Å². The molecule has 2 heterocycles. The summed E-state index contributed by atoms with van der Waals surface area (Å²) in [5, 5.41) is 9.56. The second-order valence-corrected chi connectivity index (χ2v) is 6.33. The van der Waals surface area contributed by atoms with Crippen molar-refractivity contribution < 1.29 is 14.7 Å². The molecule has 1 atom stereocenters. The third kappa shape index (κ3) is 2.64. The lowest BCUT2D eigenvalue weighted by Gasteiger charge is -2.34. The highest BCUT2D eigenvalue weighted by Crippen LogP contribution is 2.37. The van der Waals surface area contributed by atoms with Crippen LogP contribution in [0.15, 0.2) is 36.5 Å². The van der Waals surface area contributed by atoms with E-state index in [1.807, 2.05) is 24.3 Å². The fraction of sp³-hybridized carbons (Fsp3) is 0.333. The summed E-state index contributed by atoms with van der Waals surface area (Å²) in [7, 11) is 0. The molecule has 6 nitrogen and oxygen atoms in total. The Labute approximate surface area is 139 Å². The van der Waals surface area contributed by atoms with Crippen molar-refractivity contribution in [1.82, 2.24) is 14.9 Å². The van der Waals surface area contributed by atoms with Crippen molar-refractivity contribution in [2.24, 2.45) is 0 Å². The minimum absolute atomic E-state index is 0.275. The number of carboxylic acids is 1. The second kappa shape index (κ2) is 5.70. The summed E-state index contributed by atoms with van der Waals surface area (Å²) in [5.41, 5.74) is 2.24. The van der Waals surface area contributed by atoms with Gasteiger partial charge >= 0.3 is 5.97 Å². The first-order valence-corrected chi connectivity index (χ1v) is 8.07. The number of fused-ring (bicyclic) bond motifs is 1. The molecule has 1 saturated carbocycles. The second-order valence-electron chi connectivity index (χ2n) is 6.33. The molecule has 1 amide bonds. The smallest absolute Gasteiger partial charge is 0.326 e. The summed E-state index contributed by atoms with van der Waals surface area (Å²) in [6.07, 6.45) is 4.00. The maximum atomic E-state index is 12.9. The van der Waals surface area contributed by atoms with Crippen LogP contribution in [0.1, 0.15) is 46.2 Å². The molecule has 1 N–H and O–H groups in total. The molecule has 0 bridgehead atoms. The number of aliphatic carboxylic acids is 1. The molecule has 24 heavy (non-hydrogen) atoms. The van der Waals surface area contributed by atoms with Crippen LogP contribution in [0.5, 0.6) is 0 Å².